The third-order valence-electron chi connectivity index (χ3n) is 2.01. The molecule has 0 radical (unpaired) electrons. The van der Waals surface area contributed by atoms with Crippen molar-refractivity contribution in [2.75, 3.05) is 0 Å². The maximum Gasteiger partial charge on any atom is 0.184 e. The second kappa shape index (κ2) is 3.25. The zero-order valence-corrected chi connectivity index (χ0v) is 8.76. The van der Waals surface area contributed by atoms with Crippen LogP contribution in [0.25, 0.3) is 0 Å². The number of nitrogens with two attached hydrogens (primary N) is 1. The van der Waals surface area contributed by atoms with E-state index in [2.05, 4.69) is 19.6 Å². The van der Waals surface area contributed by atoms with E-state index >= 15 is 0 Å². The lowest BCUT2D eigenvalue weighted by Gasteiger charge is -2.25. The van der Waals surface area contributed by atoms with Gasteiger partial charge in [-0.05, 0) is 38.9 Å². The molecular formula is C8H19NOSi. The second-order valence-electron chi connectivity index (χ2n) is 4.36. The average Bonchev–Trinajstić information content (AvgIpc) is 2.12. The fourth-order valence-corrected chi connectivity index (χ4v) is 2.76. The minimum Gasteiger partial charge on any atom is -0.413 e. The van der Waals surface area contributed by atoms with Gasteiger partial charge in [-0.3, -0.25) is 0 Å². The number of hydrogen-bond donors (Lipinski definition) is 1. The molecule has 66 valence electrons. The molecule has 0 aliphatic heterocycles. The van der Waals surface area contributed by atoms with Gasteiger partial charge in [-0.2, -0.15) is 0 Å². The lowest BCUT2D eigenvalue weighted by Crippen LogP contribution is -2.39. The molecule has 11 heavy (non-hydrogen) atoms. The fourth-order valence-electron chi connectivity index (χ4n) is 1.56. The summed E-state index contributed by atoms with van der Waals surface area (Å²) in [6.07, 6.45) is 3.93. The molecule has 2 N–H and O–H groups in total. The summed E-state index contributed by atoms with van der Waals surface area (Å²) in [4.78, 5) is 0. The summed E-state index contributed by atoms with van der Waals surface area (Å²) in [5, 5.41) is 0. The minimum atomic E-state index is -1.34. The smallest absolute Gasteiger partial charge is 0.184 e. The monoisotopic (exact) mass is 173 g/mol. The molecule has 0 aromatic rings. The molecular weight excluding hydrogens is 154 g/mol. The van der Waals surface area contributed by atoms with Crippen molar-refractivity contribution in [1.29, 1.82) is 0 Å². The lowest BCUT2D eigenvalue weighted by atomic mass is 10.2. The van der Waals surface area contributed by atoms with E-state index in [9.17, 15) is 0 Å². The Balaban J connectivity index is 2.37. The van der Waals surface area contributed by atoms with Crippen LogP contribution in [0.3, 0.4) is 0 Å². The van der Waals surface area contributed by atoms with Crippen molar-refractivity contribution in [1.82, 2.24) is 0 Å². The van der Waals surface area contributed by atoms with E-state index in [0.29, 0.717) is 12.1 Å². The van der Waals surface area contributed by atoms with E-state index in [4.69, 9.17) is 10.2 Å². The van der Waals surface area contributed by atoms with Gasteiger partial charge in [0.1, 0.15) is 0 Å². The van der Waals surface area contributed by atoms with Gasteiger partial charge in [-0.15, -0.1) is 0 Å². The predicted molar refractivity (Wildman–Crippen MR) is 50.0 cm³/mol. The van der Waals surface area contributed by atoms with E-state index in [1.807, 2.05) is 0 Å². The van der Waals surface area contributed by atoms with Crippen LogP contribution >= 0.6 is 0 Å². The van der Waals surface area contributed by atoms with E-state index in [0.717, 1.165) is 6.42 Å². The molecule has 0 aromatic heterocycles. The molecule has 3 heteroatoms. The Morgan fingerprint density at radius 1 is 1.27 bits per heavy atom. The van der Waals surface area contributed by atoms with Crippen LogP contribution in [-0.2, 0) is 4.43 Å². The molecule has 2 nitrogen and oxygen atoms in total. The molecule has 1 rings (SSSR count). The van der Waals surface area contributed by atoms with Gasteiger partial charge in [-0.1, -0.05) is 0 Å². The Labute approximate surface area is 70.2 Å². The third kappa shape index (κ3) is 2.93. The first-order valence-electron chi connectivity index (χ1n) is 4.42. The highest BCUT2D eigenvalue weighted by molar-refractivity contribution is 6.69. The van der Waals surface area contributed by atoms with Gasteiger partial charge in [0.15, 0.2) is 8.32 Å². The highest BCUT2D eigenvalue weighted by Gasteiger charge is 2.29. The molecule has 1 aliphatic carbocycles. The SMILES string of the molecule is C[Si](C)(C)O[C@@H]1CCC[C@H]1N. The van der Waals surface area contributed by atoms with Crippen LogP contribution in [0.4, 0.5) is 0 Å². The largest absolute Gasteiger partial charge is 0.413 e. The Morgan fingerprint density at radius 2 is 1.91 bits per heavy atom. The highest BCUT2D eigenvalue weighted by atomic mass is 28.4. The molecule has 0 heterocycles. The summed E-state index contributed by atoms with van der Waals surface area (Å²) in [6, 6.07) is 0.307. The summed E-state index contributed by atoms with van der Waals surface area (Å²) < 4.78 is 5.92. The molecule has 0 saturated heterocycles. The van der Waals surface area contributed by atoms with E-state index in [-0.39, 0.29) is 0 Å². The van der Waals surface area contributed by atoms with Crippen molar-refractivity contribution < 1.29 is 4.43 Å². The van der Waals surface area contributed by atoms with Crippen LogP contribution in [0.5, 0.6) is 0 Å². The van der Waals surface area contributed by atoms with Crippen molar-refractivity contribution in [3.63, 3.8) is 0 Å². The van der Waals surface area contributed by atoms with E-state index in [1.165, 1.54) is 12.8 Å². The summed E-state index contributed by atoms with van der Waals surface area (Å²) in [5.41, 5.74) is 5.88. The van der Waals surface area contributed by atoms with Gasteiger partial charge in [0.05, 0.1) is 6.10 Å². The van der Waals surface area contributed by atoms with E-state index < -0.39 is 8.32 Å². The lowest BCUT2D eigenvalue weighted by molar-refractivity contribution is 0.184. The van der Waals surface area contributed by atoms with Gasteiger partial charge in [0, 0.05) is 6.04 Å². The second-order valence-corrected chi connectivity index (χ2v) is 8.82. The van der Waals surface area contributed by atoms with Gasteiger partial charge < -0.3 is 10.2 Å². The Bertz CT molecular complexity index is 133. The van der Waals surface area contributed by atoms with E-state index in [1.54, 1.807) is 0 Å². The first-order chi connectivity index (χ1) is 4.99. The normalized spacial score (nSPS) is 32.7. The van der Waals surface area contributed by atoms with Gasteiger partial charge in [0.25, 0.3) is 0 Å². The number of rotatable bonds is 2. The summed E-state index contributed by atoms with van der Waals surface area (Å²) in [6.45, 7) is 6.66. The van der Waals surface area contributed by atoms with Crippen molar-refractivity contribution in [3.8, 4) is 0 Å². The van der Waals surface area contributed by atoms with Crippen LogP contribution in [0, 0.1) is 0 Å². The van der Waals surface area contributed by atoms with Crippen molar-refractivity contribution in [2.45, 2.75) is 51.0 Å². The van der Waals surface area contributed by atoms with Crippen LogP contribution in [0.1, 0.15) is 19.3 Å². The van der Waals surface area contributed by atoms with Crippen LogP contribution in [-0.4, -0.2) is 20.5 Å². The first kappa shape index (κ1) is 9.23. The van der Waals surface area contributed by atoms with Crippen LogP contribution < -0.4 is 5.73 Å². The molecule has 1 fully saturated rings. The molecule has 2 atom stereocenters. The zero-order valence-electron chi connectivity index (χ0n) is 7.76. The van der Waals surface area contributed by atoms with Crippen molar-refractivity contribution in [2.24, 2.45) is 5.73 Å². The fraction of sp³-hybridized carbons (Fsp3) is 1.00. The standard InChI is InChI=1S/C8H19NOSi/c1-11(2,3)10-8-6-4-5-7(8)9/h7-8H,4-6,9H2,1-3H3/t7-,8-/m1/s1. The molecule has 0 bridgehead atoms. The van der Waals surface area contributed by atoms with Crippen LogP contribution in [0.2, 0.25) is 19.6 Å². The zero-order chi connectivity index (χ0) is 8.48. The Hall–Kier alpha value is 0.137. The molecule has 1 aliphatic rings. The summed E-state index contributed by atoms with van der Waals surface area (Å²) in [5.74, 6) is 0. The van der Waals surface area contributed by atoms with Crippen molar-refractivity contribution in [3.05, 3.63) is 0 Å². The summed E-state index contributed by atoms with van der Waals surface area (Å²) >= 11 is 0. The molecule has 0 amide bonds. The molecule has 0 spiro atoms. The average molecular weight is 173 g/mol. The maximum atomic E-state index is 5.92. The first-order valence-corrected chi connectivity index (χ1v) is 7.83. The maximum absolute atomic E-state index is 5.92. The minimum absolute atomic E-state index is 0.307. The highest BCUT2D eigenvalue weighted by Crippen LogP contribution is 2.23. The van der Waals surface area contributed by atoms with Gasteiger partial charge in [-0.25, -0.2) is 0 Å². The predicted octanol–water partition coefficient (Wildman–Crippen LogP) is 1.72. The molecule has 0 unspecified atom stereocenters. The van der Waals surface area contributed by atoms with Crippen LogP contribution in [0.15, 0.2) is 0 Å². The molecule has 1 saturated carbocycles. The molecule has 0 aromatic carbocycles. The van der Waals surface area contributed by atoms with Gasteiger partial charge >= 0.3 is 0 Å². The quantitative estimate of drug-likeness (QED) is 0.645. The topological polar surface area (TPSA) is 35.2 Å². The van der Waals surface area contributed by atoms with Crippen molar-refractivity contribution >= 4 is 8.32 Å². The summed E-state index contributed by atoms with van der Waals surface area (Å²) in [7, 11) is -1.34. The third-order valence-corrected chi connectivity index (χ3v) is 3.02. The number of hydrogen-bond acceptors (Lipinski definition) is 2. The van der Waals surface area contributed by atoms with Gasteiger partial charge in [0.2, 0.25) is 0 Å². The Kier molecular flexibility index (Phi) is 2.73. The Morgan fingerprint density at radius 3 is 2.27 bits per heavy atom.